The van der Waals surface area contributed by atoms with E-state index in [1.165, 1.54) is 5.56 Å². The molecule has 3 aromatic rings. The molecule has 0 spiro atoms. The minimum absolute atomic E-state index is 0.606. The maximum Gasteiger partial charge on any atom is 0.215 e. The largest absolute Gasteiger partial charge is 0.478 e. The molecule has 1 N–H and O–H groups in total. The van der Waals surface area contributed by atoms with Crippen LogP contribution in [-0.4, -0.2) is 21.6 Å². The minimum Gasteiger partial charge on any atom is -0.478 e. The van der Waals surface area contributed by atoms with E-state index in [-0.39, 0.29) is 0 Å². The number of aryl methyl sites for hydroxylation is 1. The highest BCUT2D eigenvalue weighted by Crippen LogP contribution is 2.24. The van der Waals surface area contributed by atoms with E-state index < -0.39 is 0 Å². The number of nitrogens with one attached hydrogen (secondary N) is 1. The van der Waals surface area contributed by atoms with Gasteiger partial charge in [-0.1, -0.05) is 31.2 Å². The Balaban J connectivity index is 2.08. The summed E-state index contributed by atoms with van der Waals surface area (Å²) < 4.78 is 5.41. The molecule has 0 amide bonds. The number of pyridine rings is 1. The fourth-order valence-corrected chi connectivity index (χ4v) is 2.29. The molecule has 0 unspecified atom stereocenters. The first kappa shape index (κ1) is 12.7. The molecular weight excluding hydrogens is 250 g/mol. The molecule has 2 heterocycles. The van der Waals surface area contributed by atoms with E-state index in [0.717, 1.165) is 23.3 Å². The Morgan fingerprint density at radius 3 is 2.70 bits per heavy atom. The zero-order valence-corrected chi connectivity index (χ0v) is 11.7. The Morgan fingerprint density at radius 2 is 1.90 bits per heavy atom. The smallest absolute Gasteiger partial charge is 0.215 e. The summed E-state index contributed by atoms with van der Waals surface area (Å²) in [5.74, 6) is 1.47. The quantitative estimate of drug-likeness (QED) is 0.786. The van der Waals surface area contributed by atoms with Crippen LogP contribution in [0, 0.1) is 0 Å². The Morgan fingerprint density at radius 1 is 1.05 bits per heavy atom. The lowest BCUT2D eigenvalue weighted by molar-refractivity contribution is 0.328. The van der Waals surface area contributed by atoms with Crippen LogP contribution in [0.5, 0.6) is 5.88 Å². The van der Waals surface area contributed by atoms with E-state index in [9.17, 15) is 0 Å². The molecule has 0 radical (unpaired) electrons. The predicted octanol–water partition coefficient (Wildman–Crippen LogP) is 3.59. The molecule has 0 aliphatic carbocycles. The molecule has 0 aliphatic heterocycles. The second-order valence-electron chi connectivity index (χ2n) is 4.55. The minimum atomic E-state index is 0.606. The third-order valence-corrected chi connectivity index (χ3v) is 3.27. The zero-order valence-electron chi connectivity index (χ0n) is 11.7. The highest BCUT2D eigenvalue weighted by atomic mass is 16.5. The lowest BCUT2D eigenvalue weighted by Crippen LogP contribution is -1.93. The van der Waals surface area contributed by atoms with Gasteiger partial charge in [-0.2, -0.15) is 4.98 Å². The van der Waals surface area contributed by atoms with Gasteiger partial charge in [-0.05, 0) is 25.0 Å². The number of fused-ring (bicyclic) bond motifs is 1. The predicted molar refractivity (Wildman–Crippen MR) is 79.9 cm³/mol. The molecule has 0 saturated carbocycles. The summed E-state index contributed by atoms with van der Waals surface area (Å²) in [6.45, 7) is 4.70. The summed E-state index contributed by atoms with van der Waals surface area (Å²) in [4.78, 5) is 12.3. The summed E-state index contributed by atoms with van der Waals surface area (Å²) in [5.41, 5.74) is 4.02. The summed E-state index contributed by atoms with van der Waals surface area (Å²) in [6.07, 6.45) is 0.977. The van der Waals surface area contributed by atoms with Gasteiger partial charge >= 0.3 is 0 Å². The number of hydrogen-bond donors (Lipinski definition) is 1. The van der Waals surface area contributed by atoms with Gasteiger partial charge in [0.25, 0.3) is 0 Å². The van der Waals surface area contributed by atoms with E-state index in [4.69, 9.17) is 4.74 Å². The van der Waals surface area contributed by atoms with Crippen molar-refractivity contribution >= 4 is 11.2 Å². The van der Waals surface area contributed by atoms with Crippen LogP contribution < -0.4 is 4.74 Å². The van der Waals surface area contributed by atoms with E-state index >= 15 is 0 Å². The van der Waals surface area contributed by atoms with Gasteiger partial charge in [0, 0.05) is 11.6 Å². The van der Waals surface area contributed by atoms with Gasteiger partial charge in [0.1, 0.15) is 5.82 Å². The monoisotopic (exact) mass is 267 g/mol. The zero-order chi connectivity index (χ0) is 13.9. The molecule has 0 saturated heterocycles. The first-order chi connectivity index (χ1) is 9.81. The number of imidazole rings is 1. The first-order valence-electron chi connectivity index (χ1n) is 6.89. The Hall–Kier alpha value is -2.36. The second-order valence-corrected chi connectivity index (χ2v) is 4.55. The average molecular weight is 267 g/mol. The van der Waals surface area contributed by atoms with Gasteiger partial charge < -0.3 is 9.72 Å². The van der Waals surface area contributed by atoms with Gasteiger partial charge in [0.2, 0.25) is 5.88 Å². The maximum absolute atomic E-state index is 5.41. The number of hydrogen-bond acceptors (Lipinski definition) is 3. The maximum atomic E-state index is 5.41. The SMILES string of the molecule is CCOc1ccc2[nH]c(-c3ccccc3CC)nc2n1. The van der Waals surface area contributed by atoms with Crippen LogP contribution in [-0.2, 0) is 6.42 Å². The van der Waals surface area contributed by atoms with Gasteiger partial charge in [0.15, 0.2) is 5.65 Å². The molecule has 0 aliphatic rings. The molecule has 0 bridgehead atoms. The number of benzene rings is 1. The second kappa shape index (κ2) is 5.33. The van der Waals surface area contributed by atoms with Crippen molar-refractivity contribution in [3.8, 4) is 17.3 Å². The number of H-pyrrole nitrogens is 1. The van der Waals surface area contributed by atoms with E-state index in [1.54, 1.807) is 0 Å². The van der Waals surface area contributed by atoms with E-state index in [2.05, 4.69) is 40.1 Å². The molecule has 4 heteroatoms. The van der Waals surface area contributed by atoms with Crippen LogP contribution in [0.4, 0.5) is 0 Å². The van der Waals surface area contributed by atoms with Gasteiger partial charge in [-0.15, -0.1) is 0 Å². The average Bonchev–Trinajstić information content (AvgIpc) is 2.90. The van der Waals surface area contributed by atoms with E-state index in [0.29, 0.717) is 18.1 Å². The number of rotatable bonds is 4. The molecular formula is C16H17N3O. The van der Waals surface area contributed by atoms with Gasteiger partial charge in [0.05, 0.1) is 12.1 Å². The van der Waals surface area contributed by atoms with Crippen LogP contribution in [0.1, 0.15) is 19.4 Å². The summed E-state index contributed by atoms with van der Waals surface area (Å²) in [6, 6.07) is 12.1. The standard InChI is InChI=1S/C16H17N3O/c1-3-11-7-5-6-8-12(11)15-17-13-9-10-14(20-4-2)18-16(13)19-15/h5-10H,3-4H2,1-2H3,(H,17,18,19). The lowest BCUT2D eigenvalue weighted by atomic mass is 10.1. The Labute approximate surface area is 117 Å². The van der Waals surface area contributed by atoms with Crippen molar-refractivity contribution in [2.24, 2.45) is 0 Å². The number of aromatic amines is 1. The van der Waals surface area contributed by atoms with Crippen molar-refractivity contribution in [3.63, 3.8) is 0 Å². The molecule has 3 rings (SSSR count). The van der Waals surface area contributed by atoms with E-state index in [1.807, 2.05) is 25.1 Å². The van der Waals surface area contributed by atoms with Crippen molar-refractivity contribution in [2.45, 2.75) is 20.3 Å². The normalized spacial score (nSPS) is 10.9. The molecule has 2 aromatic heterocycles. The Kier molecular flexibility index (Phi) is 3.37. The van der Waals surface area contributed by atoms with Crippen LogP contribution in [0.3, 0.4) is 0 Å². The van der Waals surface area contributed by atoms with Crippen LogP contribution in [0.2, 0.25) is 0 Å². The van der Waals surface area contributed by atoms with Crippen molar-refractivity contribution in [3.05, 3.63) is 42.0 Å². The summed E-state index contributed by atoms with van der Waals surface area (Å²) in [7, 11) is 0. The summed E-state index contributed by atoms with van der Waals surface area (Å²) in [5, 5.41) is 0. The topological polar surface area (TPSA) is 50.8 Å². The molecule has 102 valence electrons. The van der Waals surface area contributed by atoms with Crippen LogP contribution in [0.15, 0.2) is 36.4 Å². The van der Waals surface area contributed by atoms with Gasteiger partial charge in [-0.25, -0.2) is 4.98 Å². The number of ether oxygens (including phenoxy) is 1. The van der Waals surface area contributed by atoms with Crippen LogP contribution in [0.25, 0.3) is 22.6 Å². The highest BCUT2D eigenvalue weighted by Gasteiger charge is 2.10. The van der Waals surface area contributed by atoms with Crippen molar-refractivity contribution < 1.29 is 4.74 Å². The third kappa shape index (κ3) is 2.25. The fourth-order valence-electron chi connectivity index (χ4n) is 2.29. The number of nitrogens with zero attached hydrogens (tertiary/aromatic N) is 2. The van der Waals surface area contributed by atoms with Gasteiger partial charge in [-0.3, -0.25) is 0 Å². The third-order valence-electron chi connectivity index (χ3n) is 3.27. The van der Waals surface area contributed by atoms with Crippen LogP contribution >= 0.6 is 0 Å². The Bertz CT molecular complexity index is 733. The fraction of sp³-hybridized carbons (Fsp3) is 0.250. The van der Waals surface area contributed by atoms with Crippen molar-refractivity contribution in [2.75, 3.05) is 6.61 Å². The van der Waals surface area contributed by atoms with Crippen molar-refractivity contribution in [1.29, 1.82) is 0 Å². The molecule has 20 heavy (non-hydrogen) atoms. The molecule has 4 nitrogen and oxygen atoms in total. The summed E-state index contributed by atoms with van der Waals surface area (Å²) >= 11 is 0. The molecule has 0 atom stereocenters. The highest BCUT2D eigenvalue weighted by molar-refractivity contribution is 5.77. The molecule has 0 fully saturated rings. The van der Waals surface area contributed by atoms with Crippen molar-refractivity contribution in [1.82, 2.24) is 15.0 Å². The first-order valence-corrected chi connectivity index (χ1v) is 6.89. The lowest BCUT2D eigenvalue weighted by Gasteiger charge is -2.03. The molecule has 1 aromatic carbocycles. The number of aromatic nitrogens is 3.